The molecule has 9 nitrogen and oxygen atoms in total. The second-order valence-corrected chi connectivity index (χ2v) is 9.39. The van der Waals surface area contributed by atoms with Crippen molar-refractivity contribution < 1.29 is 14.9 Å². The highest BCUT2D eigenvalue weighted by atomic mass is 32.2. The predicted molar refractivity (Wildman–Crippen MR) is 120 cm³/mol. The smallest absolute Gasteiger partial charge is 0.300 e. The van der Waals surface area contributed by atoms with Crippen LogP contribution in [-0.4, -0.2) is 38.2 Å². The largest absolute Gasteiger partial charge is 0.409 e. The summed E-state index contributed by atoms with van der Waals surface area (Å²) in [5.74, 6) is 0.335. The van der Waals surface area contributed by atoms with E-state index < -0.39 is 9.67 Å². The Morgan fingerprint density at radius 3 is 2.68 bits per heavy atom. The summed E-state index contributed by atoms with van der Waals surface area (Å²) in [7, 11) is 0. The third-order valence-electron chi connectivity index (χ3n) is 5.34. The van der Waals surface area contributed by atoms with Gasteiger partial charge in [0.2, 0.25) is 0 Å². The lowest BCUT2D eigenvalue weighted by Crippen LogP contribution is -2.39. The highest BCUT2D eigenvalue weighted by Crippen LogP contribution is 2.35. The molecule has 2 aliphatic rings. The molecular weight excluding hydrogens is 418 g/mol. The standard InChI is InChI=1S/C21H21N5O4S/c1-21(2)18(22-23-20(27)31-21)15-7-10-17-14(12-15)4-3-11-25(17)19(24-28)13-5-8-16(9-6-13)26(29)30/h5-10,12,28H,3-4,11H2,1-2H3,(H,23,27). The van der Waals surface area contributed by atoms with Crippen molar-refractivity contribution in [3.8, 4) is 0 Å². The van der Waals surface area contributed by atoms with Crippen LogP contribution < -0.4 is 10.3 Å². The Morgan fingerprint density at radius 1 is 1.29 bits per heavy atom. The molecule has 2 aromatic rings. The lowest BCUT2D eigenvalue weighted by Gasteiger charge is -2.33. The Balaban J connectivity index is 1.68. The maximum Gasteiger partial charge on any atom is 0.300 e. The zero-order valence-electron chi connectivity index (χ0n) is 17.0. The van der Waals surface area contributed by atoms with Gasteiger partial charge >= 0.3 is 0 Å². The molecule has 0 unspecified atom stereocenters. The third kappa shape index (κ3) is 3.98. The monoisotopic (exact) mass is 439 g/mol. The molecule has 0 saturated heterocycles. The van der Waals surface area contributed by atoms with Gasteiger partial charge in [0.05, 0.1) is 15.4 Å². The van der Waals surface area contributed by atoms with E-state index >= 15 is 0 Å². The molecule has 0 fully saturated rings. The van der Waals surface area contributed by atoms with E-state index in [4.69, 9.17) is 0 Å². The van der Waals surface area contributed by atoms with Crippen molar-refractivity contribution in [2.75, 3.05) is 11.4 Å². The number of thioether (sulfide) groups is 1. The minimum absolute atomic E-state index is 0.0226. The zero-order chi connectivity index (χ0) is 22.2. The molecule has 2 aliphatic heterocycles. The highest BCUT2D eigenvalue weighted by Gasteiger charge is 2.34. The first-order chi connectivity index (χ1) is 14.8. The molecule has 160 valence electrons. The molecule has 10 heteroatoms. The predicted octanol–water partition coefficient (Wildman–Crippen LogP) is 4.12. The maximum atomic E-state index is 11.7. The van der Waals surface area contributed by atoms with E-state index in [1.807, 2.05) is 30.9 Å². The summed E-state index contributed by atoms with van der Waals surface area (Å²) in [5, 5.41) is 28.3. The van der Waals surface area contributed by atoms with Gasteiger partial charge in [-0.25, -0.2) is 5.43 Å². The molecule has 4 rings (SSSR count). The number of anilines is 1. The number of oxime groups is 1. The number of nitrogens with zero attached hydrogens (tertiary/aromatic N) is 4. The minimum Gasteiger partial charge on any atom is -0.409 e. The van der Waals surface area contributed by atoms with Crippen LogP contribution in [0.3, 0.4) is 0 Å². The van der Waals surface area contributed by atoms with Crippen molar-refractivity contribution in [2.24, 2.45) is 10.3 Å². The molecule has 0 bridgehead atoms. The fourth-order valence-corrected chi connectivity index (χ4v) is 4.73. The first kappa shape index (κ1) is 20.9. The van der Waals surface area contributed by atoms with Crippen LogP contribution in [0, 0.1) is 10.1 Å². The molecule has 0 aliphatic carbocycles. The van der Waals surface area contributed by atoms with Gasteiger partial charge in [-0.3, -0.25) is 14.9 Å². The van der Waals surface area contributed by atoms with Gasteiger partial charge in [-0.1, -0.05) is 23.0 Å². The summed E-state index contributed by atoms with van der Waals surface area (Å²) in [6, 6.07) is 11.9. The number of hydrogen-bond donors (Lipinski definition) is 2. The summed E-state index contributed by atoms with van der Waals surface area (Å²) < 4.78 is -0.457. The van der Waals surface area contributed by atoms with Gasteiger partial charge in [0.15, 0.2) is 5.84 Å². The van der Waals surface area contributed by atoms with Crippen LogP contribution in [0.1, 0.15) is 37.0 Å². The van der Waals surface area contributed by atoms with Crippen molar-refractivity contribution in [1.29, 1.82) is 0 Å². The number of aryl methyl sites for hydroxylation is 1. The molecule has 0 radical (unpaired) electrons. The van der Waals surface area contributed by atoms with E-state index in [1.165, 1.54) is 23.9 Å². The van der Waals surface area contributed by atoms with Crippen LogP contribution in [0.15, 0.2) is 52.7 Å². The lowest BCUT2D eigenvalue weighted by atomic mass is 9.93. The number of fused-ring (bicyclic) bond motifs is 1. The van der Waals surface area contributed by atoms with Crippen molar-refractivity contribution in [3.63, 3.8) is 0 Å². The molecule has 31 heavy (non-hydrogen) atoms. The number of nitro groups is 1. The van der Waals surface area contributed by atoms with Gasteiger partial charge in [-0.05, 0) is 62.1 Å². The first-order valence-corrected chi connectivity index (χ1v) is 10.6. The Hall–Kier alpha value is -3.40. The number of amides is 1. The number of hydrazone groups is 1. The Morgan fingerprint density at radius 2 is 2.03 bits per heavy atom. The molecule has 0 atom stereocenters. The van der Waals surface area contributed by atoms with Gasteiger partial charge in [0.25, 0.3) is 10.9 Å². The number of non-ortho nitro benzene ring substituents is 1. The maximum absolute atomic E-state index is 11.7. The Kier molecular flexibility index (Phi) is 5.40. The van der Waals surface area contributed by atoms with Crippen LogP contribution in [0.2, 0.25) is 0 Å². The summed E-state index contributed by atoms with van der Waals surface area (Å²) in [6.45, 7) is 4.58. The summed E-state index contributed by atoms with van der Waals surface area (Å²) >= 11 is 1.20. The van der Waals surface area contributed by atoms with Gasteiger partial charge in [-0.2, -0.15) is 5.10 Å². The van der Waals surface area contributed by atoms with E-state index in [2.05, 4.69) is 21.7 Å². The zero-order valence-corrected chi connectivity index (χ0v) is 17.8. The number of amidine groups is 1. The van der Waals surface area contributed by atoms with Gasteiger partial charge in [-0.15, -0.1) is 0 Å². The molecule has 2 aromatic carbocycles. The number of nitrogens with one attached hydrogen (secondary N) is 1. The van der Waals surface area contributed by atoms with Gasteiger partial charge in [0, 0.05) is 29.9 Å². The van der Waals surface area contributed by atoms with Crippen molar-refractivity contribution in [2.45, 2.75) is 31.4 Å². The average molecular weight is 439 g/mol. The molecule has 1 amide bonds. The fraction of sp³-hybridized carbons (Fsp3) is 0.286. The van der Waals surface area contributed by atoms with E-state index in [0.717, 1.165) is 35.4 Å². The molecular formula is C21H21N5O4S. The SMILES string of the molecule is CC1(C)SC(=O)NN=C1c1ccc2c(c1)CCCN2C(=NO)c1ccc([N+](=O)[O-])cc1. The number of nitro benzene ring substituents is 1. The lowest BCUT2D eigenvalue weighted by molar-refractivity contribution is -0.384. The highest BCUT2D eigenvalue weighted by molar-refractivity contribution is 8.15. The van der Waals surface area contributed by atoms with E-state index in [9.17, 15) is 20.1 Å². The van der Waals surface area contributed by atoms with Crippen LogP contribution in [-0.2, 0) is 6.42 Å². The van der Waals surface area contributed by atoms with E-state index in [0.29, 0.717) is 17.9 Å². The van der Waals surface area contributed by atoms with Crippen LogP contribution in [0.5, 0.6) is 0 Å². The quantitative estimate of drug-likeness (QED) is 0.244. The number of rotatable bonds is 3. The number of carbonyl (C=O) groups is 1. The van der Waals surface area contributed by atoms with Crippen LogP contribution >= 0.6 is 11.8 Å². The molecule has 2 N–H and O–H groups in total. The van der Waals surface area contributed by atoms with Crippen LogP contribution in [0.25, 0.3) is 0 Å². The molecule has 0 aromatic heterocycles. The average Bonchev–Trinajstić information content (AvgIpc) is 2.73. The number of carbonyl (C=O) groups excluding carboxylic acids is 1. The Bertz CT molecular complexity index is 1110. The van der Waals surface area contributed by atoms with Gasteiger partial charge < -0.3 is 10.1 Å². The van der Waals surface area contributed by atoms with Gasteiger partial charge in [0.1, 0.15) is 0 Å². The second kappa shape index (κ2) is 8.03. The third-order valence-corrected chi connectivity index (χ3v) is 6.32. The molecule has 2 heterocycles. The summed E-state index contributed by atoms with van der Waals surface area (Å²) in [4.78, 5) is 24.1. The Labute approximate surface area is 183 Å². The topological polar surface area (TPSA) is 120 Å². The molecule has 0 saturated carbocycles. The minimum atomic E-state index is -0.465. The van der Waals surface area contributed by atoms with Crippen LogP contribution in [0.4, 0.5) is 16.2 Å². The van der Waals surface area contributed by atoms with Crippen molar-refractivity contribution >= 4 is 39.9 Å². The van der Waals surface area contributed by atoms with Crippen molar-refractivity contribution in [1.82, 2.24) is 5.43 Å². The second-order valence-electron chi connectivity index (χ2n) is 7.80. The van der Waals surface area contributed by atoms with Crippen molar-refractivity contribution in [3.05, 3.63) is 69.3 Å². The first-order valence-electron chi connectivity index (χ1n) is 9.75. The summed E-state index contributed by atoms with van der Waals surface area (Å²) in [6.07, 6.45) is 1.70. The molecule has 0 spiro atoms. The normalized spacial score (nSPS) is 18.1. The van der Waals surface area contributed by atoms with E-state index in [-0.39, 0.29) is 10.9 Å². The number of benzene rings is 2. The van der Waals surface area contributed by atoms with E-state index in [1.54, 1.807) is 12.1 Å². The fourth-order valence-electron chi connectivity index (χ4n) is 3.92. The number of hydrogen-bond acceptors (Lipinski definition) is 7. The summed E-state index contributed by atoms with van der Waals surface area (Å²) in [5.41, 5.74) is 6.81.